The Morgan fingerprint density at radius 1 is 1.43 bits per heavy atom. The number of aliphatic hydroxyl groups is 1. The van der Waals surface area contributed by atoms with Crippen LogP contribution in [0.1, 0.15) is 24.4 Å². The number of halogens is 1. The highest BCUT2D eigenvalue weighted by Crippen LogP contribution is 2.22. The summed E-state index contributed by atoms with van der Waals surface area (Å²) >= 11 is 0. The van der Waals surface area contributed by atoms with Crippen molar-refractivity contribution in [2.24, 2.45) is 0 Å². The van der Waals surface area contributed by atoms with Gasteiger partial charge in [-0.25, -0.2) is 9.37 Å². The molecule has 3 rings (SSSR count). The molecule has 0 amide bonds. The maximum Gasteiger partial charge on any atom is 0.227 e. The Morgan fingerprint density at radius 3 is 2.95 bits per heavy atom. The van der Waals surface area contributed by atoms with Gasteiger partial charge in [-0.1, -0.05) is 0 Å². The van der Waals surface area contributed by atoms with Crippen molar-refractivity contribution in [2.45, 2.75) is 26.1 Å². The van der Waals surface area contributed by atoms with Crippen LogP contribution < -0.4 is 10.2 Å². The fourth-order valence-corrected chi connectivity index (χ4v) is 2.35. The number of anilines is 2. The van der Waals surface area contributed by atoms with Gasteiger partial charge in [-0.15, -0.1) is 0 Å². The Labute approximate surface area is 121 Å². The SMILES string of the molecule is CNc1nc(N2CCn3nc([C@@H](C)O)cc3C2)ncc1F. The molecule has 0 unspecified atom stereocenters. The molecule has 3 heterocycles. The zero-order valence-electron chi connectivity index (χ0n) is 11.9. The maximum atomic E-state index is 13.4. The molecule has 0 bridgehead atoms. The van der Waals surface area contributed by atoms with Gasteiger partial charge in [0.15, 0.2) is 11.6 Å². The molecule has 0 aliphatic carbocycles. The molecule has 1 aliphatic rings. The molecule has 2 aromatic rings. The molecule has 0 aromatic carbocycles. The predicted molar refractivity (Wildman–Crippen MR) is 75.4 cm³/mol. The zero-order chi connectivity index (χ0) is 15.0. The average molecular weight is 292 g/mol. The van der Waals surface area contributed by atoms with E-state index < -0.39 is 11.9 Å². The highest BCUT2D eigenvalue weighted by Gasteiger charge is 2.22. The zero-order valence-corrected chi connectivity index (χ0v) is 11.9. The van der Waals surface area contributed by atoms with Crippen molar-refractivity contribution in [2.75, 3.05) is 23.8 Å². The number of aromatic nitrogens is 4. The van der Waals surface area contributed by atoms with Crippen LogP contribution in [0.3, 0.4) is 0 Å². The normalized spacial score (nSPS) is 15.7. The lowest BCUT2D eigenvalue weighted by atomic mass is 10.2. The van der Waals surface area contributed by atoms with Gasteiger partial charge in [-0.05, 0) is 13.0 Å². The van der Waals surface area contributed by atoms with E-state index in [1.165, 1.54) is 6.20 Å². The predicted octanol–water partition coefficient (Wildman–Crippen LogP) is 0.927. The Hall–Kier alpha value is -2.22. The first-order chi connectivity index (χ1) is 10.1. The van der Waals surface area contributed by atoms with Gasteiger partial charge in [0.1, 0.15) is 0 Å². The third-order valence-electron chi connectivity index (χ3n) is 3.50. The second-order valence-electron chi connectivity index (χ2n) is 5.00. The van der Waals surface area contributed by atoms with E-state index in [0.29, 0.717) is 31.3 Å². The van der Waals surface area contributed by atoms with E-state index in [1.54, 1.807) is 14.0 Å². The minimum atomic E-state index is -0.588. The highest BCUT2D eigenvalue weighted by molar-refractivity contribution is 5.42. The van der Waals surface area contributed by atoms with E-state index in [2.05, 4.69) is 20.4 Å². The van der Waals surface area contributed by atoms with Crippen LogP contribution in [0.5, 0.6) is 0 Å². The monoisotopic (exact) mass is 292 g/mol. The Balaban J connectivity index is 1.85. The second-order valence-corrected chi connectivity index (χ2v) is 5.00. The van der Waals surface area contributed by atoms with Crippen molar-refractivity contribution >= 4 is 11.8 Å². The number of hydrogen-bond acceptors (Lipinski definition) is 6. The van der Waals surface area contributed by atoms with Crippen LogP contribution >= 0.6 is 0 Å². The fraction of sp³-hybridized carbons (Fsp3) is 0.462. The summed E-state index contributed by atoms with van der Waals surface area (Å²) in [6.45, 7) is 3.63. The molecular formula is C13H17FN6O. The summed E-state index contributed by atoms with van der Waals surface area (Å²) in [5.41, 5.74) is 1.64. The number of aliphatic hydroxyl groups excluding tert-OH is 1. The molecule has 21 heavy (non-hydrogen) atoms. The summed E-state index contributed by atoms with van der Waals surface area (Å²) in [4.78, 5) is 10.2. The second kappa shape index (κ2) is 5.28. The molecule has 112 valence electrons. The third kappa shape index (κ3) is 2.54. The largest absolute Gasteiger partial charge is 0.387 e. The van der Waals surface area contributed by atoms with Crippen molar-refractivity contribution in [1.29, 1.82) is 0 Å². The van der Waals surface area contributed by atoms with Gasteiger partial charge in [-0.2, -0.15) is 10.1 Å². The van der Waals surface area contributed by atoms with E-state index >= 15 is 0 Å². The molecule has 2 N–H and O–H groups in total. The summed E-state index contributed by atoms with van der Waals surface area (Å²) in [6.07, 6.45) is 0.580. The summed E-state index contributed by atoms with van der Waals surface area (Å²) in [5, 5.41) is 16.7. The Bertz CT molecular complexity index is 656. The van der Waals surface area contributed by atoms with Crippen LogP contribution in [0.2, 0.25) is 0 Å². The molecule has 0 saturated carbocycles. The first-order valence-electron chi connectivity index (χ1n) is 6.78. The van der Waals surface area contributed by atoms with Crippen LogP contribution in [0.15, 0.2) is 12.3 Å². The molecule has 8 heteroatoms. The smallest absolute Gasteiger partial charge is 0.227 e. The molecule has 1 aliphatic heterocycles. The quantitative estimate of drug-likeness (QED) is 0.876. The van der Waals surface area contributed by atoms with E-state index in [9.17, 15) is 9.50 Å². The minimum Gasteiger partial charge on any atom is -0.387 e. The number of rotatable bonds is 3. The van der Waals surface area contributed by atoms with Gasteiger partial charge in [0.2, 0.25) is 5.95 Å². The fourth-order valence-electron chi connectivity index (χ4n) is 2.35. The summed E-state index contributed by atoms with van der Waals surface area (Å²) < 4.78 is 15.3. The first kappa shape index (κ1) is 13.7. The van der Waals surface area contributed by atoms with Gasteiger partial charge < -0.3 is 15.3 Å². The van der Waals surface area contributed by atoms with Crippen LogP contribution in [0.4, 0.5) is 16.2 Å². The highest BCUT2D eigenvalue weighted by atomic mass is 19.1. The van der Waals surface area contributed by atoms with Crippen molar-refractivity contribution < 1.29 is 9.50 Å². The number of hydrogen-bond donors (Lipinski definition) is 2. The number of nitrogens with zero attached hydrogens (tertiary/aromatic N) is 5. The van der Waals surface area contributed by atoms with Crippen molar-refractivity contribution in [1.82, 2.24) is 19.7 Å². The van der Waals surface area contributed by atoms with E-state index in [4.69, 9.17) is 0 Å². The molecular weight excluding hydrogens is 275 g/mol. The minimum absolute atomic E-state index is 0.184. The Morgan fingerprint density at radius 2 is 2.24 bits per heavy atom. The maximum absolute atomic E-state index is 13.4. The van der Waals surface area contributed by atoms with Crippen molar-refractivity contribution in [3.63, 3.8) is 0 Å². The van der Waals surface area contributed by atoms with Crippen LogP contribution in [-0.4, -0.2) is 38.4 Å². The Kier molecular flexibility index (Phi) is 3.46. The van der Waals surface area contributed by atoms with Crippen LogP contribution in [0.25, 0.3) is 0 Å². The lowest BCUT2D eigenvalue weighted by Crippen LogP contribution is -2.35. The lowest BCUT2D eigenvalue weighted by molar-refractivity contribution is 0.193. The van der Waals surface area contributed by atoms with Crippen LogP contribution in [-0.2, 0) is 13.1 Å². The summed E-state index contributed by atoms with van der Waals surface area (Å²) in [5.74, 6) is 0.190. The van der Waals surface area contributed by atoms with E-state index in [-0.39, 0.29) is 5.82 Å². The average Bonchev–Trinajstić information content (AvgIpc) is 2.91. The molecule has 0 spiro atoms. The molecule has 0 saturated heterocycles. The van der Waals surface area contributed by atoms with Gasteiger partial charge in [0.05, 0.1) is 36.8 Å². The molecule has 7 nitrogen and oxygen atoms in total. The van der Waals surface area contributed by atoms with E-state index in [0.717, 1.165) is 5.69 Å². The summed E-state index contributed by atoms with van der Waals surface area (Å²) in [7, 11) is 1.62. The van der Waals surface area contributed by atoms with E-state index in [1.807, 2.05) is 15.6 Å². The first-order valence-corrected chi connectivity index (χ1v) is 6.78. The molecule has 0 fully saturated rings. The van der Waals surface area contributed by atoms with Gasteiger partial charge in [0.25, 0.3) is 0 Å². The molecule has 0 radical (unpaired) electrons. The topological polar surface area (TPSA) is 79.1 Å². The molecule has 2 aromatic heterocycles. The van der Waals surface area contributed by atoms with Crippen LogP contribution in [0, 0.1) is 5.82 Å². The standard InChI is InChI=1S/C13H17FN6O/c1-8(21)11-5-9-7-19(3-4-20(9)18-11)13-16-6-10(14)12(15-2)17-13/h5-6,8,21H,3-4,7H2,1-2H3,(H,15,16,17)/t8-/m1/s1. The number of nitrogens with one attached hydrogen (secondary N) is 1. The van der Waals surface area contributed by atoms with Crippen molar-refractivity contribution in [3.05, 3.63) is 29.5 Å². The van der Waals surface area contributed by atoms with Gasteiger partial charge >= 0.3 is 0 Å². The summed E-state index contributed by atoms with van der Waals surface area (Å²) in [6, 6.07) is 1.87. The third-order valence-corrected chi connectivity index (χ3v) is 3.50. The lowest BCUT2D eigenvalue weighted by Gasteiger charge is -2.27. The van der Waals surface area contributed by atoms with Gasteiger partial charge in [-0.3, -0.25) is 4.68 Å². The van der Waals surface area contributed by atoms with Gasteiger partial charge in [0, 0.05) is 13.6 Å². The van der Waals surface area contributed by atoms with Crippen molar-refractivity contribution in [3.8, 4) is 0 Å². The molecule has 1 atom stereocenters. The number of fused-ring (bicyclic) bond motifs is 1.